The monoisotopic (exact) mass is 300 g/mol. The van der Waals surface area contributed by atoms with Crippen LogP contribution in [0, 0.1) is 0 Å². The van der Waals surface area contributed by atoms with Crippen molar-refractivity contribution < 1.29 is 29.4 Å². The molecule has 0 unspecified atom stereocenters. The molecular formula is C16H12O6. The zero-order valence-corrected chi connectivity index (χ0v) is 11.3. The molecule has 0 saturated carbocycles. The Balaban J connectivity index is 0.000000224. The molecule has 0 spiro atoms. The molecule has 2 rings (SSSR count). The van der Waals surface area contributed by atoms with E-state index in [9.17, 15) is 19.2 Å². The fraction of sp³-hybridized carbons (Fsp3) is 0. The van der Waals surface area contributed by atoms with E-state index in [2.05, 4.69) is 0 Å². The average Bonchev–Trinajstić information content (AvgIpc) is 2.55. The summed E-state index contributed by atoms with van der Waals surface area (Å²) in [5, 5.41) is 17.0. The molecule has 0 radical (unpaired) electrons. The topological polar surface area (TPSA) is 109 Å². The number of hydrogen-bond donors (Lipinski definition) is 2. The highest BCUT2D eigenvalue weighted by Crippen LogP contribution is 2.04. The first-order valence-electron chi connectivity index (χ1n) is 6.05. The third-order valence-electron chi connectivity index (χ3n) is 2.54. The van der Waals surface area contributed by atoms with Crippen LogP contribution in [0.3, 0.4) is 0 Å². The summed E-state index contributed by atoms with van der Waals surface area (Å²) in [4.78, 5) is 41.1. The molecule has 0 aliphatic heterocycles. The molecular weight excluding hydrogens is 288 g/mol. The summed E-state index contributed by atoms with van der Waals surface area (Å²) in [6.45, 7) is 0. The lowest BCUT2D eigenvalue weighted by Gasteiger charge is -1.95. The molecule has 0 amide bonds. The number of rotatable bonds is 4. The van der Waals surface area contributed by atoms with Crippen molar-refractivity contribution in [1.82, 2.24) is 0 Å². The number of aldehydes is 2. The summed E-state index contributed by atoms with van der Waals surface area (Å²) in [6.07, 6.45) is 1.43. The van der Waals surface area contributed by atoms with Crippen LogP contribution in [0.2, 0.25) is 0 Å². The van der Waals surface area contributed by atoms with Gasteiger partial charge in [-0.2, -0.15) is 0 Å². The van der Waals surface area contributed by atoms with E-state index in [0.717, 1.165) is 6.07 Å². The van der Waals surface area contributed by atoms with Crippen molar-refractivity contribution in [2.45, 2.75) is 0 Å². The first-order chi connectivity index (χ1) is 10.5. The predicted octanol–water partition coefficient (Wildman–Crippen LogP) is 2.39. The second kappa shape index (κ2) is 8.11. The molecule has 0 atom stereocenters. The van der Waals surface area contributed by atoms with Gasteiger partial charge in [0.1, 0.15) is 12.6 Å². The summed E-state index contributed by atoms with van der Waals surface area (Å²) >= 11 is 0. The van der Waals surface area contributed by atoms with Gasteiger partial charge in [0, 0.05) is 11.1 Å². The van der Waals surface area contributed by atoms with Gasteiger partial charge in [0.05, 0.1) is 11.1 Å². The molecule has 2 aromatic carbocycles. The minimum absolute atomic E-state index is 0.0186. The zero-order valence-electron chi connectivity index (χ0n) is 11.3. The molecule has 0 saturated heterocycles. The number of carboxylic acids is 2. The first-order valence-corrected chi connectivity index (χ1v) is 6.05. The molecule has 0 aliphatic rings. The summed E-state index contributed by atoms with van der Waals surface area (Å²) in [5.74, 6) is -2.25. The Hall–Kier alpha value is -3.28. The number of aromatic carboxylic acids is 2. The molecule has 6 heteroatoms. The summed E-state index contributed by atoms with van der Waals surface area (Å²) in [6, 6.07) is 11.7. The molecule has 0 heterocycles. The van der Waals surface area contributed by atoms with Crippen LogP contribution >= 0.6 is 0 Å². The number of carbonyl (C=O) groups excluding carboxylic acids is 2. The largest absolute Gasteiger partial charge is 0.478 e. The summed E-state index contributed by atoms with van der Waals surface area (Å²) < 4.78 is 0. The minimum atomic E-state index is -1.13. The minimum Gasteiger partial charge on any atom is -0.478 e. The van der Waals surface area contributed by atoms with Gasteiger partial charge in [0.2, 0.25) is 0 Å². The maximum absolute atomic E-state index is 10.4. The first kappa shape index (κ1) is 16.8. The Morgan fingerprint density at radius 2 is 1.14 bits per heavy atom. The standard InChI is InChI=1S/C8H6O4.C8H6O2/c9-7(10)5-2-1-3-6(4-5)8(11)12;9-5-7-2-1-3-8(4-7)6-10/h1-4H,(H,9,10)(H,11,12);1-6H. The van der Waals surface area contributed by atoms with Gasteiger partial charge in [-0.15, -0.1) is 0 Å². The Morgan fingerprint density at radius 3 is 1.50 bits per heavy atom. The third-order valence-corrected chi connectivity index (χ3v) is 2.54. The summed E-state index contributed by atoms with van der Waals surface area (Å²) in [5.41, 5.74) is 1.03. The second-order valence-electron chi connectivity index (χ2n) is 4.10. The van der Waals surface area contributed by atoms with Crippen LogP contribution in [0.25, 0.3) is 0 Å². The molecule has 112 valence electrons. The van der Waals surface area contributed by atoms with E-state index in [1.165, 1.54) is 18.2 Å². The molecule has 0 aliphatic carbocycles. The van der Waals surface area contributed by atoms with Crippen LogP contribution in [-0.2, 0) is 0 Å². The van der Waals surface area contributed by atoms with Gasteiger partial charge in [0.25, 0.3) is 0 Å². The quantitative estimate of drug-likeness (QED) is 0.839. The maximum Gasteiger partial charge on any atom is 0.335 e. The fourth-order valence-corrected chi connectivity index (χ4v) is 1.49. The van der Waals surface area contributed by atoms with Crippen molar-refractivity contribution in [1.29, 1.82) is 0 Å². The molecule has 2 aromatic rings. The molecule has 0 aromatic heterocycles. The van der Waals surface area contributed by atoms with Crippen molar-refractivity contribution in [3.63, 3.8) is 0 Å². The lowest BCUT2D eigenvalue weighted by Crippen LogP contribution is -2.01. The summed E-state index contributed by atoms with van der Waals surface area (Å²) in [7, 11) is 0. The van der Waals surface area contributed by atoms with Gasteiger partial charge in [-0.1, -0.05) is 24.3 Å². The van der Waals surface area contributed by atoms with Crippen molar-refractivity contribution in [3.8, 4) is 0 Å². The normalized spacial score (nSPS) is 9.09. The van der Waals surface area contributed by atoms with Gasteiger partial charge >= 0.3 is 11.9 Å². The highest BCUT2D eigenvalue weighted by atomic mass is 16.4. The maximum atomic E-state index is 10.4. The van der Waals surface area contributed by atoms with E-state index < -0.39 is 11.9 Å². The van der Waals surface area contributed by atoms with Crippen LogP contribution in [0.1, 0.15) is 41.4 Å². The molecule has 0 bridgehead atoms. The highest BCUT2D eigenvalue weighted by Gasteiger charge is 2.06. The van der Waals surface area contributed by atoms with Crippen LogP contribution < -0.4 is 0 Å². The van der Waals surface area contributed by atoms with Gasteiger partial charge in [-0.05, 0) is 24.3 Å². The Morgan fingerprint density at radius 1 is 0.727 bits per heavy atom. The second-order valence-corrected chi connectivity index (χ2v) is 4.10. The van der Waals surface area contributed by atoms with Crippen molar-refractivity contribution >= 4 is 24.5 Å². The average molecular weight is 300 g/mol. The van der Waals surface area contributed by atoms with Crippen LogP contribution in [0.4, 0.5) is 0 Å². The van der Waals surface area contributed by atoms with Gasteiger partial charge in [-0.25, -0.2) is 9.59 Å². The van der Waals surface area contributed by atoms with E-state index in [4.69, 9.17) is 10.2 Å². The fourth-order valence-electron chi connectivity index (χ4n) is 1.49. The smallest absolute Gasteiger partial charge is 0.335 e. The van der Waals surface area contributed by atoms with E-state index in [0.29, 0.717) is 23.7 Å². The lowest BCUT2D eigenvalue weighted by atomic mass is 10.1. The van der Waals surface area contributed by atoms with Gasteiger partial charge < -0.3 is 10.2 Å². The number of carboxylic acid groups (broad SMARTS) is 2. The Bertz CT molecular complexity index is 653. The molecule has 22 heavy (non-hydrogen) atoms. The van der Waals surface area contributed by atoms with Gasteiger partial charge in [0.15, 0.2) is 0 Å². The number of benzene rings is 2. The highest BCUT2D eigenvalue weighted by molar-refractivity contribution is 5.93. The Labute approximate surface area is 125 Å². The number of carbonyl (C=O) groups is 4. The van der Waals surface area contributed by atoms with Crippen LogP contribution in [0.15, 0.2) is 48.5 Å². The molecule has 0 fully saturated rings. The van der Waals surface area contributed by atoms with E-state index >= 15 is 0 Å². The van der Waals surface area contributed by atoms with Crippen molar-refractivity contribution in [2.24, 2.45) is 0 Å². The molecule has 2 N–H and O–H groups in total. The lowest BCUT2D eigenvalue weighted by molar-refractivity contribution is 0.0696. The van der Waals surface area contributed by atoms with Crippen molar-refractivity contribution in [3.05, 3.63) is 70.8 Å². The SMILES string of the molecule is O=C(O)c1cccc(C(=O)O)c1.O=Cc1cccc(C=O)c1. The van der Waals surface area contributed by atoms with Crippen LogP contribution in [-0.4, -0.2) is 34.7 Å². The number of hydrogen-bond acceptors (Lipinski definition) is 4. The van der Waals surface area contributed by atoms with E-state index in [-0.39, 0.29) is 11.1 Å². The van der Waals surface area contributed by atoms with E-state index in [1.807, 2.05) is 0 Å². The Kier molecular flexibility index (Phi) is 6.18. The zero-order chi connectivity index (χ0) is 16.5. The van der Waals surface area contributed by atoms with Gasteiger partial charge in [-0.3, -0.25) is 9.59 Å². The van der Waals surface area contributed by atoms with Crippen molar-refractivity contribution in [2.75, 3.05) is 0 Å². The van der Waals surface area contributed by atoms with Crippen LogP contribution in [0.5, 0.6) is 0 Å². The molecule has 6 nitrogen and oxygen atoms in total. The van der Waals surface area contributed by atoms with E-state index in [1.54, 1.807) is 24.3 Å². The third kappa shape index (κ3) is 5.01. The predicted molar refractivity (Wildman–Crippen MR) is 77.6 cm³/mol.